The van der Waals surface area contributed by atoms with E-state index in [2.05, 4.69) is 24.4 Å². The highest BCUT2D eigenvalue weighted by atomic mass is 16.2. The second-order valence-electron chi connectivity index (χ2n) is 7.68. The van der Waals surface area contributed by atoms with E-state index in [9.17, 15) is 9.59 Å². The zero-order valence-electron chi connectivity index (χ0n) is 16.0. The summed E-state index contributed by atoms with van der Waals surface area (Å²) in [5.74, 6) is 0.517. The largest absolute Gasteiger partial charge is 0.339 e. The van der Waals surface area contributed by atoms with E-state index < -0.39 is 0 Å². The van der Waals surface area contributed by atoms with Crippen LogP contribution in [0.25, 0.3) is 0 Å². The number of rotatable bonds is 3. The molecule has 3 rings (SSSR count). The van der Waals surface area contributed by atoms with Crippen LogP contribution in [0.3, 0.4) is 0 Å². The summed E-state index contributed by atoms with van der Waals surface area (Å²) in [5.41, 5.74) is 2.33. The maximum atomic E-state index is 12.6. The van der Waals surface area contributed by atoms with Gasteiger partial charge in [0.15, 0.2) is 0 Å². The van der Waals surface area contributed by atoms with E-state index in [1.165, 1.54) is 24.8 Å². The van der Waals surface area contributed by atoms with Gasteiger partial charge in [-0.3, -0.25) is 4.79 Å². The number of carbonyl (C=O) groups excluding carboxylic acids is 2. The lowest BCUT2D eigenvalue weighted by Crippen LogP contribution is -2.54. The summed E-state index contributed by atoms with van der Waals surface area (Å²) in [6.45, 7) is 6.62. The van der Waals surface area contributed by atoms with Crippen molar-refractivity contribution in [3.05, 3.63) is 35.4 Å². The number of aryl methyl sites for hydroxylation is 1. The lowest BCUT2D eigenvalue weighted by Gasteiger charge is -2.37. The molecule has 0 aromatic heterocycles. The van der Waals surface area contributed by atoms with Crippen molar-refractivity contribution in [2.75, 3.05) is 26.2 Å². The summed E-state index contributed by atoms with van der Waals surface area (Å²) >= 11 is 0. The van der Waals surface area contributed by atoms with E-state index in [4.69, 9.17) is 0 Å². The fraction of sp³-hybridized carbons (Fsp3) is 0.619. The highest BCUT2D eigenvalue weighted by molar-refractivity contribution is 5.80. The first kappa shape index (κ1) is 18.7. The average Bonchev–Trinajstić information content (AvgIpc) is 2.68. The molecular formula is C21H31N3O2. The van der Waals surface area contributed by atoms with Crippen LogP contribution < -0.4 is 5.32 Å². The van der Waals surface area contributed by atoms with Gasteiger partial charge in [-0.15, -0.1) is 0 Å². The van der Waals surface area contributed by atoms with Crippen molar-refractivity contribution in [2.24, 2.45) is 5.92 Å². The minimum atomic E-state index is -0.0366. The van der Waals surface area contributed by atoms with Gasteiger partial charge in [-0.05, 0) is 37.8 Å². The third kappa shape index (κ3) is 4.37. The van der Waals surface area contributed by atoms with Crippen molar-refractivity contribution in [3.8, 4) is 0 Å². The summed E-state index contributed by atoms with van der Waals surface area (Å²) in [4.78, 5) is 29.0. The van der Waals surface area contributed by atoms with E-state index in [0.717, 1.165) is 18.4 Å². The summed E-state index contributed by atoms with van der Waals surface area (Å²) in [7, 11) is 0. The van der Waals surface area contributed by atoms with Crippen molar-refractivity contribution in [2.45, 2.75) is 52.0 Å². The minimum Gasteiger partial charge on any atom is -0.339 e. The van der Waals surface area contributed by atoms with Crippen LogP contribution in [-0.4, -0.2) is 47.9 Å². The molecule has 1 aromatic rings. The molecule has 5 nitrogen and oxygen atoms in total. The van der Waals surface area contributed by atoms with Crippen LogP contribution >= 0.6 is 0 Å². The Labute approximate surface area is 156 Å². The number of benzene rings is 1. The van der Waals surface area contributed by atoms with E-state index in [0.29, 0.717) is 32.1 Å². The number of hydrogen-bond donors (Lipinski definition) is 1. The van der Waals surface area contributed by atoms with E-state index in [1.807, 2.05) is 28.9 Å². The van der Waals surface area contributed by atoms with Crippen LogP contribution in [0.2, 0.25) is 0 Å². The van der Waals surface area contributed by atoms with Crippen molar-refractivity contribution in [1.29, 1.82) is 0 Å². The van der Waals surface area contributed by atoms with Crippen molar-refractivity contribution in [3.63, 3.8) is 0 Å². The molecule has 0 spiro atoms. The van der Waals surface area contributed by atoms with Crippen molar-refractivity contribution >= 4 is 11.9 Å². The summed E-state index contributed by atoms with van der Waals surface area (Å²) in [6.07, 6.45) is 5.68. The Hall–Kier alpha value is -2.04. The predicted octanol–water partition coefficient (Wildman–Crippen LogP) is 3.49. The van der Waals surface area contributed by atoms with E-state index in [1.54, 1.807) is 0 Å². The van der Waals surface area contributed by atoms with Gasteiger partial charge in [0.1, 0.15) is 0 Å². The van der Waals surface area contributed by atoms with Gasteiger partial charge in [0.05, 0.1) is 6.04 Å². The minimum absolute atomic E-state index is 0.0226. The molecule has 2 aliphatic rings. The Kier molecular flexibility index (Phi) is 6.17. The van der Waals surface area contributed by atoms with Gasteiger partial charge in [-0.1, -0.05) is 43.5 Å². The molecule has 0 radical (unpaired) electrons. The SMILES string of the molecule is Cc1ccccc1C(C)NC(=O)N1CCN(C(=O)C2CCCCC2)CC1. The number of hydrogen-bond acceptors (Lipinski definition) is 2. The van der Waals surface area contributed by atoms with Gasteiger partial charge < -0.3 is 15.1 Å². The molecule has 2 fully saturated rings. The molecule has 1 saturated carbocycles. The Morgan fingerprint density at radius 1 is 1.00 bits per heavy atom. The second kappa shape index (κ2) is 8.56. The highest BCUT2D eigenvalue weighted by Crippen LogP contribution is 2.26. The molecule has 142 valence electrons. The number of piperazine rings is 1. The van der Waals surface area contributed by atoms with Gasteiger partial charge >= 0.3 is 6.03 Å². The maximum absolute atomic E-state index is 12.6. The fourth-order valence-corrected chi connectivity index (χ4v) is 4.16. The van der Waals surface area contributed by atoms with Gasteiger partial charge in [0.25, 0.3) is 0 Å². The third-order valence-corrected chi connectivity index (χ3v) is 5.83. The van der Waals surface area contributed by atoms with Crippen LogP contribution in [-0.2, 0) is 4.79 Å². The Morgan fingerprint density at radius 3 is 2.27 bits per heavy atom. The molecule has 1 atom stereocenters. The highest BCUT2D eigenvalue weighted by Gasteiger charge is 2.30. The van der Waals surface area contributed by atoms with E-state index in [-0.39, 0.29) is 18.0 Å². The molecule has 3 amide bonds. The second-order valence-corrected chi connectivity index (χ2v) is 7.68. The van der Waals surface area contributed by atoms with Crippen LogP contribution in [0.1, 0.15) is 56.2 Å². The number of urea groups is 1. The smallest absolute Gasteiger partial charge is 0.317 e. The first-order valence-electron chi connectivity index (χ1n) is 9.96. The van der Waals surface area contributed by atoms with Gasteiger partial charge in [-0.25, -0.2) is 4.79 Å². The van der Waals surface area contributed by atoms with Crippen LogP contribution in [0.5, 0.6) is 0 Å². The molecule has 1 aromatic carbocycles. The number of amides is 3. The summed E-state index contributed by atoms with van der Waals surface area (Å²) < 4.78 is 0. The zero-order chi connectivity index (χ0) is 18.5. The number of carbonyl (C=O) groups is 2. The van der Waals surface area contributed by atoms with Crippen LogP contribution in [0.15, 0.2) is 24.3 Å². The molecule has 1 heterocycles. The lowest BCUT2D eigenvalue weighted by atomic mass is 9.88. The number of nitrogens with zero attached hydrogens (tertiary/aromatic N) is 2. The topological polar surface area (TPSA) is 52.7 Å². The zero-order valence-corrected chi connectivity index (χ0v) is 16.0. The van der Waals surface area contributed by atoms with Crippen LogP contribution in [0, 0.1) is 12.8 Å². The predicted molar refractivity (Wildman–Crippen MR) is 103 cm³/mol. The quantitative estimate of drug-likeness (QED) is 0.900. The molecule has 1 saturated heterocycles. The standard InChI is InChI=1S/C21H31N3O2/c1-16-8-6-7-11-19(16)17(2)22-21(26)24-14-12-23(13-15-24)20(25)18-9-4-3-5-10-18/h6-8,11,17-18H,3-5,9-10,12-15H2,1-2H3,(H,22,26). The first-order valence-corrected chi connectivity index (χ1v) is 9.96. The summed E-state index contributed by atoms with van der Waals surface area (Å²) in [6, 6.07) is 8.07. The Balaban J connectivity index is 1.49. The van der Waals surface area contributed by atoms with Crippen molar-refractivity contribution in [1.82, 2.24) is 15.1 Å². The fourth-order valence-electron chi connectivity index (χ4n) is 4.16. The molecule has 1 aliphatic carbocycles. The molecule has 5 heteroatoms. The Bertz CT molecular complexity index is 632. The molecule has 26 heavy (non-hydrogen) atoms. The lowest BCUT2D eigenvalue weighted by molar-refractivity contribution is -0.138. The van der Waals surface area contributed by atoms with Gasteiger partial charge in [0, 0.05) is 32.1 Å². The average molecular weight is 357 g/mol. The van der Waals surface area contributed by atoms with Gasteiger partial charge in [0.2, 0.25) is 5.91 Å². The normalized spacial score (nSPS) is 19.9. The summed E-state index contributed by atoms with van der Waals surface area (Å²) in [5, 5.41) is 3.10. The first-order chi connectivity index (χ1) is 12.6. The maximum Gasteiger partial charge on any atom is 0.317 e. The number of nitrogens with one attached hydrogen (secondary N) is 1. The van der Waals surface area contributed by atoms with Crippen LogP contribution in [0.4, 0.5) is 4.79 Å². The monoisotopic (exact) mass is 357 g/mol. The Morgan fingerprint density at radius 2 is 1.62 bits per heavy atom. The third-order valence-electron chi connectivity index (χ3n) is 5.83. The molecular weight excluding hydrogens is 326 g/mol. The van der Waals surface area contributed by atoms with Crippen molar-refractivity contribution < 1.29 is 9.59 Å². The molecule has 0 bridgehead atoms. The molecule has 1 N–H and O–H groups in total. The van der Waals surface area contributed by atoms with Gasteiger partial charge in [-0.2, -0.15) is 0 Å². The molecule has 1 aliphatic heterocycles. The molecule has 1 unspecified atom stereocenters. The van der Waals surface area contributed by atoms with E-state index >= 15 is 0 Å².